The van der Waals surface area contributed by atoms with E-state index in [1.54, 1.807) is 12.3 Å². The molecule has 24 heavy (non-hydrogen) atoms. The van der Waals surface area contributed by atoms with E-state index in [4.69, 9.17) is 11.6 Å². The smallest absolute Gasteiger partial charge is 0.150 e. The number of halogens is 4. The molecular formula is C18H8Br2ClFN2. The van der Waals surface area contributed by atoms with E-state index in [9.17, 15) is 4.39 Å². The molecule has 0 aliphatic heterocycles. The van der Waals surface area contributed by atoms with Gasteiger partial charge in [0.25, 0.3) is 0 Å². The average molecular weight is 467 g/mol. The monoisotopic (exact) mass is 464 g/mol. The van der Waals surface area contributed by atoms with Crippen LogP contribution in [0.25, 0.3) is 33.1 Å². The Morgan fingerprint density at radius 3 is 2.62 bits per heavy atom. The Balaban J connectivity index is 2.02. The first-order valence-electron chi connectivity index (χ1n) is 7.03. The minimum absolute atomic E-state index is 0.330. The average Bonchev–Trinajstić information content (AvgIpc) is 2.54. The predicted octanol–water partition coefficient (Wildman–Crippen LogP) is 6.77. The molecule has 0 radical (unpaired) electrons. The van der Waals surface area contributed by atoms with Gasteiger partial charge in [0.15, 0.2) is 0 Å². The van der Waals surface area contributed by atoms with Crippen LogP contribution in [0.5, 0.6) is 0 Å². The van der Waals surface area contributed by atoms with Crippen molar-refractivity contribution in [1.29, 1.82) is 0 Å². The summed E-state index contributed by atoms with van der Waals surface area (Å²) in [4.78, 5) is 8.76. The van der Waals surface area contributed by atoms with Crippen molar-refractivity contribution in [3.05, 3.63) is 68.4 Å². The van der Waals surface area contributed by atoms with E-state index in [0.717, 1.165) is 14.3 Å². The number of aromatic nitrogens is 2. The van der Waals surface area contributed by atoms with Crippen molar-refractivity contribution in [3.8, 4) is 11.3 Å². The maximum atomic E-state index is 14.4. The molecular weight excluding hydrogens is 458 g/mol. The molecule has 0 amide bonds. The number of hydrogen-bond donors (Lipinski definition) is 0. The Bertz CT molecular complexity index is 1120. The van der Waals surface area contributed by atoms with Crippen LogP contribution in [0.3, 0.4) is 0 Å². The molecule has 2 heterocycles. The summed E-state index contributed by atoms with van der Waals surface area (Å²) < 4.78 is 16.0. The van der Waals surface area contributed by atoms with Gasteiger partial charge >= 0.3 is 0 Å². The van der Waals surface area contributed by atoms with Gasteiger partial charge in [-0.25, -0.2) is 9.37 Å². The third-order valence-corrected chi connectivity index (χ3v) is 5.07. The maximum Gasteiger partial charge on any atom is 0.150 e. The number of benzene rings is 2. The van der Waals surface area contributed by atoms with Crippen LogP contribution in [0.4, 0.5) is 4.39 Å². The van der Waals surface area contributed by atoms with Crippen molar-refractivity contribution < 1.29 is 4.39 Å². The largest absolute Gasteiger partial charge is 0.252 e. The van der Waals surface area contributed by atoms with Crippen LogP contribution in [0, 0.1) is 5.82 Å². The SMILES string of the molecule is Fc1cc(-c2nc3c(Cl)cccc3cc2Br)cc2cc(Br)cnc12. The van der Waals surface area contributed by atoms with E-state index in [1.807, 2.05) is 30.3 Å². The Kier molecular flexibility index (Phi) is 4.03. The van der Waals surface area contributed by atoms with Crippen LogP contribution in [-0.4, -0.2) is 9.97 Å². The zero-order chi connectivity index (χ0) is 16.8. The molecule has 0 spiro atoms. The Morgan fingerprint density at radius 2 is 1.79 bits per heavy atom. The Labute approximate surface area is 158 Å². The van der Waals surface area contributed by atoms with Crippen LogP contribution >= 0.6 is 43.5 Å². The van der Waals surface area contributed by atoms with Crippen molar-refractivity contribution in [2.45, 2.75) is 0 Å². The van der Waals surface area contributed by atoms with Gasteiger partial charge in [-0.1, -0.05) is 23.7 Å². The molecule has 2 aromatic carbocycles. The van der Waals surface area contributed by atoms with Gasteiger partial charge in [-0.3, -0.25) is 4.98 Å². The first-order valence-corrected chi connectivity index (χ1v) is 8.99. The number of fused-ring (bicyclic) bond motifs is 2. The summed E-state index contributed by atoms with van der Waals surface area (Å²) in [5.74, 6) is -0.386. The molecule has 0 saturated carbocycles. The van der Waals surface area contributed by atoms with E-state index in [2.05, 4.69) is 41.8 Å². The van der Waals surface area contributed by atoms with Gasteiger partial charge in [0, 0.05) is 31.5 Å². The summed E-state index contributed by atoms with van der Waals surface area (Å²) in [6, 6.07) is 12.7. The molecule has 0 N–H and O–H groups in total. The maximum absolute atomic E-state index is 14.4. The third kappa shape index (κ3) is 2.70. The fourth-order valence-electron chi connectivity index (χ4n) is 2.65. The van der Waals surface area contributed by atoms with Crippen molar-refractivity contribution in [2.24, 2.45) is 0 Å². The second kappa shape index (κ2) is 6.06. The molecule has 4 rings (SSSR count). The molecule has 4 aromatic rings. The summed E-state index contributed by atoms with van der Waals surface area (Å²) in [7, 11) is 0. The lowest BCUT2D eigenvalue weighted by Crippen LogP contribution is -1.92. The highest BCUT2D eigenvalue weighted by Crippen LogP contribution is 2.34. The number of pyridine rings is 2. The normalized spacial score (nSPS) is 11.3. The summed E-state index contributed by atoms with van der Waals surface area (Å²) >= 11 is 13.1. The third-order valence-electron chi connectivity index (χ3n) is 3.73. The summed E-state index contributed by atoms with van der Waals surface area (Å²) in [5, 5.41) is 2.18. The Hall–Kier alpha value is -1.56. The molecule has 118 valence electrons. The zero-order valence-electron chi connectivity index (χ0n) is 12.0. The summed E-state index contributed by atoms with van der Waals surface area (Å²) in [6.45, 7) is 0. The molecule has 0 aliphatic rings. The molecule has 2 nitrogen and oxygen atoms in total. The van der Waals surface area contributed by atoms with Crippen LogP contribution in [0.2, 0.25) is 5.02 Å². The summed E-state index contributed by atoms with van der Waals surface area (Å²) in [6.07, 6.45) is 1.58. The second-order valence-corrected chi connectivity index (χ2v) is 7.49. The molecule has 0 fully saturated rings. The Morgan fingerprint density at radius 1 is 0.958 bits per heavy atom. The van der Waals surface area contributed by atoms with E-state index >= 15 is 0 Å². The number of hydrogen-bond acceptors (Lipinski definition) is 2. The van der Waals surface area contributed by atoms with Crippen LogP contribution in [0.1, 0.15) is 0 Å². The number of nitrogens with zero attached hydrogens (tertiary/aromatic N) is 2. The van der Waals surface area contributed by atoms with Gasteiger partial charge in [0.05, 0.1) is 16.2 Å². The number of para-hydroxylation sites is 1. The lowest BCUT2D eigenvalue weighted by atomic mass is 10.1. The van der Waals surface area contributed by atoms with Gasteiger partial charge in [0.2, 0.25) is 0 Å². The molecule has 6 heteroatoms. The van der Waals surface area contributed by atoms with Gasteiger partial charge in [-0.05, 0) is 62.2 Å². The fourth-order valence-corrected chi connectivity index (χ4v) is 3.79. The van der Waals surface area contributed by atoms with Crippen molar-refractivity contribution in [1.82, 2.24) is 9.97 Å². The quantitative estimate of drug-likeness (QED) is 0.309. The van der Waals surface area contributed by atoms with E-state index < -0.39 is 0 Å². The lowest BCUT2D eigenvalue weighted by molar-refractivity contribution is 0.637. The topological polar surface area (TPSA) is 25.8 Å². The zero-order valence-corrected chi connectivity index (χ0v) is 16.0. The highest BCUT2D eigenvalue weighted by atomic mass is 79.9. The van der Waals surface area contributed by atoms with Gasteiger partial charge in [0.1, 0.15) is 11.3 Å². The lowest BCUT2D eigenvalue weighted by Gasteiger charge is -2.09. The van der Waals surface area contributed by atoms with E-state index in [-0.39, 0.29) is 5.82 Å². The standard InChI is InChI=1S/C18H8Br2ClFN2/c19-12-5-10-4-11(7-15(22)18(10)23-8-12)16-13(20)6-9-2-1-3-14(21)17(9)24-16/h1-8H. The second-order valence-electron chi connectivity index (χ2n) is 5.31. The van der Waals surface area contributed by atoms with Crippen LogP contribution in [0.15, 0.2) is 57.6 Å². The van der Waals surface area contributed by atoms with Gasteiger partial charge in [-0.2, -0.15) is 0 Å². The highest BCUT2D eigenvalue weighted by molar-refractivity contribution is 9.10. The van der Waals surface area contributed by atoms with Crippen LogP contribution < -0.4 is 0 Å². The molecule has 0 unspecified atom stereocenters. The molecule has 2 aromatic heterocycles. The minimum atomic E-state index is -0.386. The number of rotatable bonds is 1. The van der Waals surface area contributed by atoms with E-state index in [0.29, 0.717) is 32.7 Å². The summed E-state index contributed by atoms with van der Waals surface area (Å²) in [5.41, 5.74) is 2.31. The first-order chi connectivity index (χ1) is 11.5. The van der Waals surface area contributed by atoms with E-state index in [1.165, 1.54) is 6.07 Å². The molecule has 0 atom stereocenters. The first kappa shape index (κ1) is 15.9. The van der Waals surface area contributed by atoms with Crippen LogP contribution in [-0.2, 0) is 0 Å². The van der Waals surface area contributed by atoms with Crippen molar-refractivity contribution in [3.63, 3.8) is 0 Å². The van der Waals surface area contributed by atoms with Gasteiger partial charge in [-0.15, -0.1) is 0 Å². The van der Waals surface area contributed by atoms with Crippen molar-refractivity contribution >= 4 is 65.3 Å². The molecule has 0 aliphatic carbocycles. The molecule has 0 bridgehead atoms. The van der Waals surface area contributed by atoms with Gasteiger partial charge < -0.3 is 0 Å². The molecule has 0 saturated heterocycles. The highest BCUT2D eigenvalue weighted by Gasteiger charge is 2.13. The predicted molar refractivity (Wildman–Crippen MR) is 103 cm³/mol. The fraction of sp³-hybridized carbons (Fsp3) is 0. The minimum Gasteiger partial charge on any atom is -0.252 e. The van der Waals surface area contributed by atoms with Crippen molar-refractivity contribution in [2.75, 3.05) is 0 Å².